The van der Waals surface area contributed by atoms with Gasteiger partial charge in [0.05, 0.1) is 23.6 Å². The molecule has 0 aliphatic carbocycles. The average Bonchev–Trinajstić information content (AvgIpc) is 3.42. The minimum absolute atomic E-state index is 0.228. The van der Waals surface area contributed by atoms with Crippen LogP contribution >= 0.6 is 0 Å². The third-order valence-electron chi connectivity index (χ3n) is 5.60. The summed E-state index contributed by atoms with van der Waals surface area (Å²) in [6.07, 6.45) is 4.79. The van der Waals surface area contributed by atoms with E-state index < -0.39 is 0 Å². The number of likely N-dealkylation sites (tertiary alicyclic amines) is 1. The van der Waals surface area contributed by atoms with Crippen LogP contribution in [0.1, 0.15) is 45.2 Å². The number of H-pyrrole nitrogens is 1. The topological polar surface area (TPSA) is 114 Å². The predicted molar refractivity (Wildman–Crippen MR) is 126 cm³/mol. The summed E-state index contributed by atoms with van der Waals surface area (Å²) in [7, 11) is 1.77. The number of aryl methyl sites for hydroxylation is 2. The summed E-state index contributed by atoms with van der Waals surface area (Å²) >= 11 is 0. The van der Waals surface area contributed by atoms with Gasteiger partial charge in [0.2, 0.25) is 0 Å². The number of fused-ring (bicyclic) bond motifs is 1. The molecule has 0 atom stereocenters. The zero-order valence-corrected chi connectivity index (χ0v) is 19.0. The predicted octanol–water partition coefficient (Wildman–Crippen LogP) is 3.11. The quantitative estimate of drug-likeness (QED) is 0.434. The van der Waals surface area contributed by atoms with Gasteiger partial charge >= 0.3 is 0 Å². The molecule has 1 fully saturated rings. The first-order valence-electron chi connectivity index (χ1n) is 11.3. The van der Waals surface area contributed by atoms with Crippen LogP contribution in [0.5, 0.6) is 5.75 Å². The summed E-state index contributed by atoms with van der Waals surface area (Å²) in [5, 5.41) is 4.51. The van der Waals surface area contributed by atoms with Crippen molar-refractivity contribution in [1.82, 2.24) is 24.6 Å². The van der Waals surface area contributed by atoms with Crippen molar-refractivity contribution in [3.8, 4) is 17.1 Å². The maximum absolute atomic E-state index is 12.9. The van der Waals surface area contributed by atoms with Gasteiger partial charge in [-0.25, -0.2) is 9.98 Å². The molecule has 0 spiro atoms. The first-order chi connectivity index (χ1) is 15.5. The highest BCUT2D eigenvalue weighted by atomic mass is 16.5. The zero-order valence-electron chi connectivity index (χ0n) is 19.0. The second-order valence-electron chi connectivity index (χ2n) is 8.13. The number of nitrogens with zero attached hydrogens (tertiary/aromatic N) is 5. The smallest absolute Gasteiger partial charge is 0.277 e. The highest BCUT2D eigenvalue weighted by molar-refractivity contribution is 5.83. The Kier molecular flexibility index (Phi) is 6.43. The third kappa shape index (κ3) is 4.32. The molecule has 1 aliphatic heterocycles. The van der Waals surface area contributed by atoms with Crippen LogP contribution in [0, 0.1) is 0 Å². The molecule has 0 radical (unpaired) electrons. The van der Waals surface area contributed by atoms with Gasteiger partial charge < -0.3 is 20.4 Å². The molecule has 4 rings (SSSR count). The number of benzene rings is 1. The Morgan fingerprint density at radius 3 is 2.75 bits per heavy atom. The van der Waals surface area contributed by atoms with E-state index in [1.54, 1.807) is 11.7 Å². The first kappa shape index (κ1) is 21.9. The van der Waals surface area contributed by atoms with Crippen LogP contribution in [0.3, 0.4) is 0 Å². The van der Waals surface area contributed by atoms with Crippen molar-refractivity contribution in [2.24, 2.45) is 17.8 Å². The number of guanidine groups is 1. The Morgan fingerprint density at radius 2 is 2.03 bits per heavy atom. The molecule has 3 heterocycles. The lowest BCUT2D eigenvalue weighted by Crippen LogP contribution is -2.34. The number of hydrogen-bond donors (Lipinski definition) is 2. The number of rotatable bonds is 7. The Morgan fingerprint density at radius 1 is 1.25 bits per heavy atom. The van der Waals surface area contributed by atoms with E-state index in [9.17, 15) is 4.79 Å². The van der Waals surface area contributed by atoms with Gasteiger partial charge in [-0.05, 0) is 43.9 Å². The molecule has 3 aromatic rings. The summed E-state index contributed by atoms with van der Waals surface area (Å²) in [5.74, 6) is 1.59. The van der Waals surface area contributed by atoms with Crippen molar-refractivity contribution in [2.45, 2.75) is 46.0 Å². The van der Waals surface area contributed by atoms with Crippen molar-refractivity contribution in [3.63, 3.8) is 0 Å². The Labute approximate surface area is 187 Å². The van der Waals surface area contributed by atoms with Crippen molar-refractivity contribution >= 4 is 22.7 Å². The van der Waals surface area contributed by atoms with Crippen LogP contribution in [0.15, 0.2) is 28.0 Å². The van der Waals surface area contributed by atoms with Crippen LogP contribution < -0.4 is 16.0 Å². The Bertz CT molecular complexity index is 1190. The van der Waals surface area contributed by atoms with E-state index in [0.717, 1.165) is 50.9 Å². The second-order valence-corrected chi connectivity index (χ2v) is 8.13. The third-order valence-corrected chi connectivity index (χ3v) is 5.60. The normalized spacial score (nSPS) is 14.5. The molecule has 0 bridgehead atoms. The summed E-state index contributed by atoms with van der Waals surface area (Å²) in [4.78, 5) is 27.3. The van der Waals surface area contributed by atoms with Crippen LogP contribution in [0.2, 0.25) is 0 Å². The van der Waals surface area contributed by atoms with E-state index in [2.05, 4.69) is 26.9 Å². The van der Waals surface area contributed by atoms with E-state index in [1.807, 2.05) is 25.1 Å². The Hall–Kier alpha value is -3.36. The van der Waals surface area contributed by atoms with E-state index in [1.165, 1.54) is 0 Å². The van der Waals surface area contributed by atoms with E-state index in [-0.39, 0.29) is 5.56 Å². The van der Waals surface area contributed by atoms with Gasteiger partial charge in [-0.15, -0.1) is 0 Å². The highest BCUT2D eigenvalue weighted by Crippen LogP contribution is 2.32. The van der Waals surface area contributed by atoms with E-state index in [0.29, 0.717) is 46.4 Å². The minimum Gasteiger partial charge on any atom is -0.493 e. The molecule has 0 unspecified atom stereocenters. The molecule has 32 heavy (non-hydrogen) atoms. The van der Waals surface area contributed by atoms with Gasteiger partial charge in [-0.3, -0.25) is 9.48 Å². The largest absolute Gasteiger partial charge is 0.493 e. The summed E-state index contributed by atoms with van der Waals surface area (Å²) in [5.41, 5.74) is 9.29. The molecule has 3 N–H and O–H groups in total. The fourth-order valence-electron chi connectivity index (χ4n) is 4.04. The van der Waals surface area contributed by atoms with Crippen LogP contribution in [-0.2, 0) is 13.5 Å². The minimum atomic E-state index is -0.228. The molecular weight excluding hydrogens is 406 g/mol. The van der Waals surface area contributed by atoms with Crippen molar-refractivity contribution in [2.75, 3.05) is 19.7 Å². The van der Waals surface area contributed by atoms with Crippen LogP contribution in [0.4, 0.5) is 5.69 Å². The van der Waals surface area contributed by atoms with Gasteiger partial charge in [0.25, 0.3) is 5.56 Å². The van der Waals surface area contributed by atoms with E-state index in [4.69, 9.17) is 15.5 Å². The first-order valence-corrected chi connectivity index (χ1v) is 11.3. The number of nitrogens with one attached hydrogen (secondary N) is 1. The Balaban J connectivity index is 1.82. The summed E-state index contributed by atoms with van der Waals surface area (Å²) in [6, 6.07) is 5.61. The number of aliphatic imine (C=N–C) groups is 1. The number of aromatic amines is 1. The molecule has 1 aliphatic rings. The molecule has 2 aromatic heterocycles. The van der Waals surface area contributed by atoms with Gasteiger partial charge in [0.1, 0.15) is 17.1 Å². The molecular formula is C23H31N7O2. The van der Waals surface area contributed by atoms with Gasteiger partial charge in [-0.1, -0.05) is 20.3 Å². The van der Waals surface area contributed by atoms with Gasteiger partial charge in [0.15, 0.2) is 11.5 Å². The van der Waals surface area contributed by atoms with Crippen molar-refractivity contribution in [1.29, 1.82) is 0 Å². The lowest BCUT2D eigenvalue weighted by molar-refractivity contribution is 0.318. The highest BCUT2D eigenvalue weighted by Gasteiger charge is 2.18. The lowest BCUT2D eigenvalue weighted by atomic mass is 10.1. The SMILES string of the molecule is CCCOc1ccc(N=C(N)N2CCCC2)cc1-c1nc2c(CCC)nn(C)c2c(=O)[nH]1. The summed E-state index contributed by atoms with van der Waals surface area (Å²) in [6.45, 7) is 6.54. The number of nitrogens with two attached hydrogens (primary N) is 1. The molecule has 9 heteroatoms. The number of aromatic nitrogens is 4. The molecule has 9 nitrogen and oxygen atoms in total. The van der Waals surface area contributed by atoms with Gasteiger partial charge in [0, 0.05) is 20.1 Å². The number of hydrogen-bond acceptors (Lipinski definition) is 5. The van der Waals surface area contributed by atoms with Crippen molar-refractivity contribution in [3.05, 3.63) is 34.2 Å². The molecule has 1 aromatic carbocycles. The maximum atomic E-state index is 12.9. The molecule has 0 saturated carbocycles. The monoisotopic (exact) mass is 437 g/mol. The maximum Gasteiger partial charge on any atom is 0.277 e. The standard InChI is InChI=1S/C23H31N7O2/c1-4-8-17-19-20(29(3)28-17)22(31)27-21(26-19)16-14-15(9-10-18(16)32-13-5-2)25-23(24)30-11-6-7-12-30/h9-10,14H,4-8,11-13H2,1-3H3,(H2,24,25)(H,26,27,31). The fourth-order valence-corrected chi connectivity index (χ4v) is 4.04. The van der Waals surface area contributed by atoms with E-state index >= 15 is 0 Å². The zero-order chi connectivity index (χ0) is 22.7. The van der Waals surface area contributed by atoms with Gasteiger partial charge in [-0.2, -0.15) is 5.10 Å². The molecule has 170 valence electrons. The van der Waals surface area contributed by atoms with Crippen molar-refractivity contribution < 1.29 is 4.74 Å². The van der Waals surface area contributed by atoms with Crippen LogP contribution in [-0.4, -0.2) is 50.3 Å². The average molecular weight is 438 g/mol. The lowest BCUT2D eigenvalue weighted by Gasteiger charge is -2.16. The fraction of sp³-hybridized carbons (Fsp3) is 0.478. The summed E-state index contributed by atoms with van der Waals surface area (Å²) < 4.78 is 7.56. The molecule has 0 amide bonds. The second kappa shape index (κ2) is 9.42. The van der Waals surface area contributed by atoms with Crippen LogP contribution in [0.25, 0.3) is 22.4 Å². The molecule has 1 saturated heterocycles. The number of ether oxygens (including phenoxy) is 1.